The molecule has 0 radical (unpaired) electrons. The molecule has 1 aliphatic carbocycles. The largest absolute Gasteiger partial charge is 0.341 e. The van der Waals surface area contributed by atoms with Crippen molar-refractivity contribution in [1.82, 2.24) is 25.4 Å². The van der Waals surface area contributed by atoms with Gasteiger partial charge in [0.1, 0.15) is 0 Å². The van der Waals surface area contributed by atoms with Gasteiger partial charge < -0.3 is 10.2 Å². The van der Waals surface area contributed by atoms with Crippen LogP contribution >= 0.6 is 11.8 Å². The zero-order valence-corrected chi connectivity index (χ0v) is 18.8. The zero-order valence-electron chi connectivity index (χ0n) is 18.0. The minimum atomic E-state index is -0.411. The second-order valence-electron chi connectivity index (χ2n) is 8.29. The summed E-state index contributed by atoms with van der Waals surface area (Å²) in [5.74, 6) is 0.575. The molecule has 3 amide bonds. The molecule has 9 heteroatoms. The van der Waals surface area contributed by atoms with Crippen LogP contribution < -0.4 is 15.5 Å². The van der Waals surface area contributed by atoms with Crippen molar-refractivity contribution in [3.8, 4) is 5.69 Å². The van der Waals surface area contributed by atoms with Gasteiger partial charge in [0.25, 0.3) is 0 Å². The number of benzene rings is 1. The van der Waals surface area contributed by atoms with Gasteiger partial charge in [-0.1, -0.05) is 42.3 Å². The highest BCUT2D eigenvalue weighted by Crippen LogP contribution is 2.28. The number of nitrogens with zero attached hydrogens (tertiary/aromatic N) is 4. The van der Waals surface area contributed by atoms with E-state index in [9.17, 15) is 9.59 Å². The van der Waals surface area contributed by atoms with Gasteiger partial charge in [0, 0.05) is 19.1 Å². The van der Waals surface area contributed by atoms with Crippen LogP contribution in [0.2, 0.25) is 0 Å². The summed E-state index contributed by atoms with van der Waals surface area (Å²) in [6, 6.07) is 7.98. The Balaban J connectivity index is 1.44. The van der Waals surface area contributed by atoms with Crippen LogP contribution in [0.4, 0.5) is 10.7 Å². The fourth-order valence-electron chi connectivity index (χ4n) is 4.16. The van der Waals surface area contributed by atoms with Crippen LogP contribution in [0.1, 0.15) is 50.5 Å². The molecule has 1 saturated carbocycles. The Bertz CT molecular complexity index is 901. The predicted octanol–water partition coefficient (Wildman–Crippen LogP) is 3.43. The molecule has 2 heterocycles. The van der Waals surface area contributed by atoms with E-state index in [-0.39, 0.29) is 17.7 Å². The summed E-state index contributed by atoms with van der Waals surface area (Å²) >= 11 is 1.29. The van der Waals surface area contributed by atoms with E-state index in [0.717, 1.165) is 63.3 Å². The normalized spacial score (nSPS) is 17.0. The number of piperidine rings is 1. The van der Waals surface area contributed by atoms with Crippen molar-refractivity contribution in [2.75, 3.05) is 23.7 Å². The van der Waals surface area contributed by atoms with E-state index in [0.29, 0.717) is 5.16 Å². The van der Waals surface area contributed by atoms with Crippen molar-refractivity contribution in [3.05, 3.63) is 29.8 Å². The molecule has 31 heavy (non-hydrogen) atoms. The minimum absolute atomic E-state index is 0.0993. The molecule has 1 saturated heterocycles. The quantitative estimate of drug-likeness (QED) is 0.666. The summed E-state index contributed by atoms with van der Waals surface area (Å²) in [5.41, 5.74) is 2.15. The molecule has 2 aliphatic rings. The van der Waals surface area contributed by atoms with Crippen molar-refractivity contribution < 1.29 is 9.59 Å². The standard InChI is InChI=1S/C22H30N6O2S/c1-16-9-11-18(12-10-16)28-21(27-13-5-2-6-14-27)25-26-22(28)31-15-19(29)24-20(30)23-17-7-3-4-8-17/h9-12,17H,2-8,13-15H2,1H3,(H2,23,24,29,30). The summed E-state index contributed by atoms with van der Waals surface area (Å²) in [6.45, 7) is 3.96. The Kier molecular flexibility index (Phi) is 7.11. The van der Waals surface area contributed by atoms with Crippen LogP contribution in [-0.4, -0.2) is 51.6 Å². The topological polar surface area (TPSA) is 92.2 Å². The highest BCUT2D eigenvalue weighted by Gasteiger charge is 2.23. The lowest BCUT2D eigenvalue weighted by Crippen LogP contribution is -2.44. The summed E-state index contributed by atoms with van der Waals surface area (Å²) in [7, 11) is 0. The molecule has 2 fully saturated rings. The second kappa shape index (κ2) is 10.2. The van der Waals surface area contributed by atoms with E-state index in [1.165, 1.54) is 23.7 Å². The van der Waals surface area contributed by atoms with Gasteiger partial charge in [0.05, 0.1) is 11.4 Å². The molecule has 0 spiro atoms. The molecule has 8 nitrogen and oxygen atoms in total. The molecular weight excluding hydrogens is 412 g/mol. The summed E-state index contributed by atoms with van der Waals surface area (Å²) in [6.07, 6.45) is 7.74. The lowest BCUT2D eigenvalue weighted by atomic mass is 10.1. The zero-order chi connectivity index (χ0) is 21.6. The highest BCUT2D eigenvalue weighted by molar-refractivity contribution is 7.99. The third-order valence-corrected chi connectivity index (χ3v) is 6.75. The van der Waals surface area contributed by atoms with Crippen LogP contribution in [0, 0.1) is 6.92 Å². The number of nitrogens with one attached hydrogen (secondary N) is 2. The number of hydrogen-bond acceptors (Lipinski definition) is 6. The van der Waals surface area contributed by atoms with E-state index in [4.69, 9.17) is 0 Å². The van der Waals surface area contributed by atoms with Gasteiger partial charge in [-0.3, -0.25) is 14.7 Å². The lowest BCUT2D eigenvalue weighted by molar-refractivity contribution is -0.117. The number of aryl methyl sites for hydroxylation is 1. The van der Waals surface area contributed by atoms with E-state index in [2.05, 4.69) is 44.8 Å². The monoisotopic (exact) mass is 442 g/mol. The van der Waals surface area contributed by atoms with Gasteiger partial charge in [-0.2, -0.15) is 0 Å². The summed E-state index contributed by atoms with van der Waals surface area (Å²) in [4.78, 5) is 26.7. The summed E-state index contributed by atoms with van der Waals surface area (Å²) < 4.78 is 2.02. The number of aromatic nitrogens is 3. The molecule has 4 rings (SSSR count). The molecule has 0 bridgehead atoms. The molecule has 1 aromatic heterocycles. The SMILES string of the molecule is Cc1ccc(-n2c(SCC(=O)NC(=O)NC3CCCC3)nnc2N2CCCCC2)cc1. The first kappa shape index (κ1) is 21.7. The van der Waals surface area contributed by atoms with Crippen molar-refractivity contribution in [2.45, 2.75) is 63.1 Å². The molecule has 2 aromatic rings. The Morgan fingerprint density at radius 3 is 2.45 bits per heavy atom. The van der Waals surface area contributed by atoms with Crippen LogP contribution in [0.3, 0.4) is 0 Å². The first-order valence-corrected chi connectivity index (χ1v) is 12.1. The third-order valence-electron chi connectivity index (χ3n) is 5.82. The third kappa shape index (κ3) is 5.58. The number of hydrogen-bond donors (Lipinski definition) is 2. The van der Waals surface area contributed by atoms with Crippen molar-refractivity contribution in [1.29, 1.82) is 0 Å². The van der Waals surface area contributed by atoms with E-state index in [1.54, 1.807) is 0 Å². The first-order chi connectivity index (χ1) is 15.1. The number of amides is 3. The Morgan fingerprint density at radius 1 is 1.03 bits per heavy atom. The summed E-state index contributed by atoms with van der Waals surface area (Å²) in [5, 5.41) is 14.8. The van der Waals surface area contributed by atoms with Crippen LogP contribution in [0.15, 0.2) is 29.4 Å². The smallest absolute Gasteiger partial charge is 0.321 e. The number of rotatable bonds is 6. The molecule has 0 unspecified atom stereocenters. The van der Waals surface area contributed by atoms with E-state index < -0.39 is 6.03 Å². The Labute approximate surface area is 187 Å². The molecule has 166 valence electrons. The van der Waals surface area contributed by atoms with Gasteiger partial charge in [0.15, 0.2) is 5.16 Å². The highest BCUT2D eigenvalue weighted by atomic mass is 32.2. The number of carbonyl (C=O) groups is 2. The van der Waals surface area contributed by atoms with Gasteiger partial charge in [-0.25, -0.2) is 4.79 Å². The number of urea groups is 1. The average Bonchev–Trinajstić information content (AvgIpc) is 3.43. The van der Waals surface area contributed by atoms with Crippen LogP contribution in [0.25, 0.3) is 5.69 Å². The fraction of sp³-hybridized carbons (Fsp3) is 0.545. The number of anilines is 1. The second-order valence-corrected chi connectivity index (χ2v) is 9.24. The molecule has 1 aliphatic heterocycles. The molecular formula is C22H30N6O2S. The van der Waals surface area contributed by atoms with E-state index in [1.807, 2.05) is 16.7 Å². The van der Waals surface area contributed by atoms with Crippen LogP contribution in [0.5, 0.6) is 0 Å². The van der Waals surface area contributed by atoms with E-state index >= 15 is 0 Å². The van der Waals surface area contributed by atoms with Crippen molar-refractivity contribution >= 4 is 29.6 Å². The molecule has 2 N–H and O–H groups in total. The van der Waals surface area contributed by atoms with Gasteiger partial charge in [-0.05, 0) is 51.2 Å². The maximum Gasteiger partial charge on any atom is 0.321 e. The Morgan fingerprint density at radius 2 is 1.74 bits per heavy atom. The Hall–Kier alpha value is -2.55. The number of imide groups is 1. The molecule has 0 atom stereocenters. The van der Waals surface area contributed by atoms with Crippen LogP contribution in [-0.2, 0) is 4.79 Å². The number of carbonyl (C=O) groups excluding carboxylic acids is 2. The number of thioether (sulfide) groups is 1. The average molecular weight is 443 g/mol. The van der Waals surface area contributed by atoms with Gasteiger partial charge in [-0.15, -0.1) is 10.2 Å². The molecule has 1 aromatic carbocycles. The van der Waals surface area contributed by atoms with Crippen molar-refractivity contribution in [2.24, 2.45) is 0 Å². The predicted molar refractivity (Wildman–Crippen MR) is 122 cm³/mol. The maximum atomic E-state index is 12.3. The first-order valence-electron chi connectivity index (χ1n) is 11.1. The fourth-order valence-corrected chi connectivity index (χ4v) is 4.91. The lowest BCUT2D eigenvalue weighted by Gasteiger charge is -2.27. The maximum absolute atomic E-state index is 12.3. The van der Waals surface area contributed by atoms with Gasteiger partial charge >= 0.3 is 6.03 Å². The van der Waals surface area contributed by atoms with Gasteiger partial charge in [0.2, 0.25) is 11.9 Å². The van der Waals surface area contributed by atoms with Crippen molar-refractivity contribution in [3.63, 3.8) is 0 Å². The minimum Gasteiger partial charge on any atom is -0.341 e.